The van der Waals surface area contributed by atoms with Crippen molar-refractivity contribution in [2.24, 2.45) is 5.73 Å². The predicted molar refractivity (Wildman–Crippen MR) is 61.7 cm³/mol. The minimum Gasteiger partial charge on any atom is -0.488 e. The molecule has 0 atom stereocenters. The summed E-state index contributed by atoms with van der Waals surface area (Å²) in [5.41, 5.74) is 12.0. The van der Waals surface area contributed by atoms with E-state index in [0.29, 0.717) is 11.4 Å². The van der Waals surface area contributed by atoms with E-state index >= 15 is 0 Å². The summed E-state index contributed by atoms with van der Waals surface area (Å²) in [5.74, 6) is 0.122. The Kier molecular flexibility index (Phi) is 3.29. The Hall–Kier alpha value is -1.29. The summed E-state index contributed by atoms with van der Waals surface area (Å²) in [6, 6.07) is 4.48. The Labute approximate surface area is 94.6 Å². The van der Waals surface area contributed by atoms with Gasteiger partial charge in [-0.1, -0.05) is 0 Å². The minimum atomic E-state index is -0.322. The molecule has 0 radical (unpaired) electrons. The van der Waals surface area contributed by atoms with E-state index in [1.165, 1.54) is 18.2 Å². The van der Waals surface area contributed by atoms with Gasteiger partial charge in [0, 0.05) is 12.1 Å². The molecule has 2 rings (SSSR count). The summed E-state index contributed by atoms with van der Waals surface area (Å²) >= 11 is 0. The molecule has 4 N–H and O–H groups in total. The number of ether oxygens (including phenoxy) is 1. The Bertz CT molecular complexity index is 362. The van der Waals surface area contributed by atoms with Crippen molar-refractivity contribution in [3.8, 4) is 5.75 Å². The zero-order chi connectivity index (χ0) is 11.5. The lowest BCUT2D eigenvalue weighted by Crippen LogP contribution is -2.31. The van der Waals surface area contributed by atoms with Crippen LogP contribution in [0.25, 0.3) is 0 Å². The molecular weight excluding hydrogens is 207 g/mol. The Balaban J connectivity index is 2.00. The smallest absolute Gasteiger partial charge is 0.145 e. The quantitative estimate of drug-likeness (QED) is 0.756. The number of benzene rings is 1. The minimum absolute atomic E-state index is 0.115. The van der Waals surface area contributed by atoms with Crippen LogP contribution in [0.2, 0.25) is 0 Å². The molecule has 88 valence electrons. The maximum Gasteiger partial charge on any atom is 0.145 e. The molecule has 0 unspecified atom stereocenters. The zero-order valence-electron chi connectivity index (χ0n) is 9.16. The molecule has 1 aliphatic carbocycles. The topological polar surface area (TPSA) is 61.3 Å². The van der Waals surface area contributed by atoms with E-state index in [1.807, 2.05) is 0 Å². The fraction of sp³-hybridized carbons (Fsp3) is 0.500. The first-order chi connectivity index (χ1) is 7.65. The van der Waals surface area contributed by atoms with E-state index in [-0.39, 0.29) is 18.0 Å². The number of nitrogens with two attached hydrogens (primary N) is 2. The fourth-order valence-corrected chi connectivity index (χ4v) is 2.00. The molecule has 16 heavy (non-hydrogen) atoms. The summed E-state index contributed by atoms with van der Waals surface area (Å²) in [5, 5.41) is 0. The third-order valence-corrected chi connectivity index (χ3v) is 2.99. The van der Waals surface area contributed by atoms with Crippen molar-refractivity contribution in [3.05, 3.63) is 24.0 Å². The van der Waals surface area contributed by atoms with E-state index in [9.17, 15) is 4.39 Å². The molecule has 0 saturated heterocycles. The molecule has 1 aliphatic rings. The Morgan fingerprint density at radius 2 is 1.88 bits per heavy atom. The van der Waals surface area contributed by atoms with Crippen LogP contribution in [-0.4, -0.2) is 12.1 Å². The summed E-state index contributed by atoms with van der Waals surface area (Å²) in [7, 11) is 0. The molecule has 1 saturated carbocycles. The largest absolute Gasteiger partial charge is 0.488 e. The van der Waals surface area contributed by atoms with Gasteiger partial charge in [-0.2, -0.15) is 0 Å². The van der Waals surface area contributed by atoms with E-state index < -0.39 is 0 Å². The maximum atomic E-state index is 13.0. The van der Waals surface area contributed by atoms with Crippen LogP contribution in [0.15, 0.2) is 18.2 Å². The normalized spacial score (nSPS) is 25.4. The fourth-order valence-electron chi connectivity index (χ4n) is 2.00. The second kappa shape index (κ2) is 4.70. The monoisotopic (exact) mass is 224 g/mol. The van der Waals surface area contributed by atoms with Crippen LogP contribution < -0.4 is 16.2 Å². The van der Waals surface area contributed by atoms with Crippen molar-refractivity contribution in [1.82, 2.24) is 0 Å². The van der Waals surface area contributed by atoms with Gasteiger partial charge in [0.05, 0.1) is 11.8 Å². The van der Waals surface area contributed by atoms with Gasteiger partial charge in [0.25, 0.3) is 0 Å². The molecule has 0 aromatic heterocycles. The molecular formula is C12H17FN2O. The van der Waals surface area contributed by atoms with Gasteiger partial charge in [0.1, 0.15) is 11.6 Å². The number of anilines is 1. The number of rotatable bonds is 2. The molecule has 0 aliphatic heterocycles. The molecule has 0 amide bonds. The Morgan fingerprint density at radius 3 is 2.56 bits per heavy atom. The van der Waals surface area contributed by atoms with Crippen LogP contribution in [-0.2, 0) is 0 Å². The van der Waals surface area contributed by atoms with Crippen LogP contribution in [0.1, 0.15) is 25.7 Å². The van der Waals surface area contributed by atoms with Crippen LogP contribution in [0, 0.1) is 5.82 Å². The molecule has 3 nitrogen and oxygen atoms in total. The number of nitrogen functional groups attached to an aromatic ring is 1. The highest BCUT2D eigenvalue weighted by atomic mass is 19.1. The van der Waals surface area contributed by atoms with Crippen LogP contribution >= 0.6 is 0 Å². The van der Waals surface area contributed by atoms with E-state index in [2.05, 4.69) is 0 Å². The van der Waals surface area contributed by atoms with E-state index in [4.69, 9.17) is 16.2 Å². The van der Waals surface area contributed by atoms with Crippen LogP contribution in [0.4, 0.5) is 10.1 Å². The number of hydrogen-bond donors (Lipinski definition) is 2. The highest BCUT2D eigenvalue weighted by Gasteiger charge is 2.20. The van der Waals surface area contributed by atoms with E-state index in [1.54, 1.807) is 0 Å². The van der Waals surface area contributed by atoms with Crippen molar-refractivity contribution in [1.29, 1.82) is 0 Å². The highest BCUT2D eigenvalue weighted by molar-refractivity contribution is 5.52. The zero-order valence-corrected chi connectivity index (χ0v) is 9.16. The van der Waals surface area contributed by atoms with Crippen LogP contribution in [0.5, 0.6) is 5.75 Å². The van der Waals surface area contributed by atoms with Gasteiger partial charge < -0.3 is 16.2 Å². The summed E-state index contributed by atoms with van der Waals surface area (Å²) in [4.78, 5) is 0. The standard InChI is InChI=1S/C12H17FN2O/c13-8-1-6-11(15)12(7-8)16-10-4-2-9(14)3-5-10/h1,6-7,9-10H,2-5,14-15H2. The second-order valence-corrected chi connectivity index (χ2v) is 4.34. The number of hydrogen-bond acceptors (Lipinski definition) is 3. The first kappa shape index (κ1) is 11.2. The van der Waals surface area contributed by atoms with Crippen molar-refractivity contribution in [2.45, 2.75) is 37.8 Å². The first-order valence-electron chi connectivity index (χ1n) is 5.62. The maximum absolute atomic E-state index is 13.0. The van der Waals surface area contributed by atoms with Gasteiger partial charge in [-0.3, -0.25) is 0 Å². The van der Waals surface area contributed by atoms with Crippen molar-refractivity contribution >= 4 is 5.69 Å². The van der Waals surface area contributed by atoms with Gasteiger partial charge >= 0.3 is 0 Å². The second-order valence-electron chi connectivity index (χ2n) is 4.34. The lowest BCUT2D eigenvalue weighted by atomic mass is 9.94. The van der Waals surface area contributed by atoms with Crippen molar-refractivity contribution < 1.29 is 9.13 Å². The van der Waals surface area contributed by atoms with Gasteiger partial charge in [0.15, 0.2) is 0 Å². The number of halogens is 1. The van der Waals surface area contributed by atoms with Gasteiger partial charge in [-0.15, -0.1) is 0 Å². The third-order valence-electron chi connectivity index (χ3n) is 2.99. The SMILES string of the molecule is Nc1ccc(F)cc1OC1CCC(N)CC1. The predicted octanol–water partition coefficient (Wildman–Crippen LogP) is 2.06. The molecule has 0 bridgehead atoms. The average molecular weight is 224 g/mol. The van der Waals surface area contributed by atoms with Gasteiger partial charge in [0.2, 0.25) is 0 Å². The molecule has 1 fully saturated rings. The lowest BCUT2D eigenvalue weighted by molar-refractivity contribution is 0.147. The third kappa shape index (κ3) is 2.64. The average Bonchev–Trinajstić information content (AvgIpc) is 2.27. The molecule has 1 aromatic carbocycles. The summed E-state index contributed by atoms with van der Waals surface area (Å²) in [6.07, 6.45) is 3.86. The molecule has 0 heterocycles. The summed E-state index contributed by atoms with van der Waals surface area (Å²) < 4.78 is 18.7. The molecule has 1 aromatic rings. The van der Waals surface area contributed by atoms with Gasteiger partial charge in [-0.05, 0) is 37.8 Å². The highest BCUT2D eigenvalue weighted by Crippen LogP contribution is 2.27. The molecule has 4 heteroatoms. The van der Waals surface area contributed by atoms with E-state index in [0.717, 1.165) is 25.7 Å². The first-order valence-corrected chi connectivity index (χ1v) is 5.62. The summed E-state index contributed by atoms with van der Waals surface area (Å²) in [6.45, 7) is 0. The Morgan fingerprint density at radius 1 is 1.19 bits per heavy atom. The lowest BCUT2D eigenvalue weighted by Gasteiger charge is -2.27. The van der Waals surface area contributed by atoms with Crippen molar-refractivity contribution in [3.63, 3.8) is 0 Å². The van der Waals surface area contributed by atoms with Crippen LogP contribution in [0.3, 0.4) is 0 Å². The van der Waals surface area contributed by atoms with Crippen molar-refractivity contribution in [2.75, 3.05) is 5.73 Å². The molecule has 0 spiro atoms. The van der Waals surface area contributed by atoms with Gasteiger partial charge in [-0.25, -0.2) is 4.39 Å².